The number of rotatable bonds is 7. The Hall–Kier alpha value is -2.03. The quantitative estimate of drug-likeness (QED) is 0.736. The third kappa shape index (κ3) is 4.94. The van der Waals surface area contributed by atoms with Crippen molar-refractivity contribution < 1.29 is 19.4 Å². The molecule has 8 heteroatoms. The van der Waals surface area contributed by atoms with Gasteiger partial charge in [-0.1, -0.05) is 13.0 Å². The third-order valence-electron chi connectivity index (χ3n) is 6.30. The molecule has 0 aliphatic carbocycles. The van der Waals surface area contributed by atoms with E-state index in [-0.39, 0.29) is 11.4 Å². The van der Waals surface area contributed by atoms with Crippen LogP contribution in [0.15, 0.2) is 24.4 Å². The summed E-state index contributed by atoms with van der Waals surface area (Å²) in [6.45, 7) is 8.52. The van der Waals surface area contributed by atoms with E-state index in [1.165, 1.54) is 0 Å². The second-order valence-electron chi connectivity index (χ2n) is 7.90. The Balaban J connectivity index is 1.79. The van der Waals surface area contributed by atoms with Gasteiger partial charge in [0.05, 0.1) is 0 Å². The number of hydrogen-bond acceptors (Lipinski definition) is 6. The normalized spacial score (nSPS) is 21.4. The van der Waals surface area contributed by atoms with E-state index in [0.717, 1.165) is 25.9 Å². The van der Waals surface area contributed by atoms with Gasteiger partial charge < -0.3 is 9.84 Å². The van der Waals surface area contributed by atoms with Gasteiger partial charge >= 0.3 is 5.97 Å². The zero-order chi connectivity index (χ0) is 20.9. The van der Waals surface area contributed by atoms with Crippen LogP contribution in [0.1, 0.15) is 33.1 Å². The van der Waals surface area contributed by atoms with E-state index in [1.54, 1.807) is 13.1 Å². The number of anilines is 1. The van der Waals surface area contributed by atoms with Crippen molar-refractivity contribution in [3.63, 3.8) is 0 Å². The highest BCUT2D eigenvalue weighted by molar-refractivity contribution is 5.92. The lowest BCUT2D eigenvalue weighted by molar-refractivity contribution is -0.144. The van der Waals surface area contributed by atoms with Crippen LogP contribution in [-0.4, -0.2) is 89.3 Å². The van der Waals surface area contributed by atoms with Crippen LogP contribution in [0.5, 0.6) is 0 Å². The molecular formula is C21H32N4O4. The number of aromatic nitrogens is 1. The van der Waals surface area contributed by atoms with Gasteiger partial charge in [-0.05, 0) is 31.9 Å². The Kier molecular flexibility index (Phi) is 7.21. The standard InChI is InChI=1S/C21H32N4O4/c1-3-19(26)25(18-6-4-5-9-22-18)16-21(7-14-29-15-8-21)24-12-10-23(11-13-24)17(2)20(27)28/h4-6,9,17H,3,7-8,10-16H2,1-2H3,(H,27,28). The Bertz CT molecular complexity index is 685. The minimum absolute atomic E-state index is 0.0627. The van der Waals surface area contributed by atoms with Crippen LogP contribution in [0.4, 0.5) is 5.82 Å². The van der Waals surface area contributed by atoms with Crippen LogP contribution >= 0.6 is 0 Å². The molecular weight excluding hydrogens is 372 g/mol. The zero-order valence-electron chi connectivity index (χ0n) is 17.4. The van der Waals surface area contributed by atoms with Crippen molar-refractivity contribution in [3.05, 3.63) is 24.4 Å². The molecule has 2 aliphatic heterocycles. The molecule has 2 fully saturated rings. The van der Waals surface area contributed by atoms with E-state index in [2.05, 4.69) is 9.88 Å². The number of carboxylic acids is 1. The van der Waals surface area contributed by atoms with Crippen LogP contribution in [0.2, 0.25) is 0 Å². The first-order chi connectivity index (χ1) is 14.0. The molecule has 1 unspecified atom stereocenters. The van der Waals surface area contributed by atoms with Crippen molar-refractivity contribution in [3.8, 4) is 0 Å². The number of carboxylic acid groups (broad SMARTS) is 1. The lowest BCUT2D eigenvalue weighted by Gasteiger charge is -2.51. The molecule has 8 nitrogen and oxygen atoms in total. The highest BCUT2D eigenvalue weighted by atomic mass is 16.5. The number of carbonyl (C=O) groups excluding carboxylic acids is 1. The van der Waals surface area contributed by atoms with Gasteiger partial charge in [0, 0.05) is 64.1 Å². The maximum Gasteiger partial charge on any atom is 0.320 e. The average Bonchev–Trinajstić information content (AvgIpc) is 2.77. The molecule has 0 saturated carbocycles. The highest BCUT2D eigenvalue weighted by Gasteiger charge is 2.43. The van der Waals surface area contributed by atoms with Crippen LogP contribution in [0.25, 0.3) is 0 Å². The molecule has 0 radical (unpaired) electrons. The Morgan fingerprint density at radius 2 is 1.93 bits per heavy atom. The number of piperazine rings is 1. The summed E-state index contributed by atoms with van der Waals surface area (Å²) in [5.74, 6) is -0.0369. The molecule has 1 aromatic rings. The maximum atomic E-state index is 12.8. The van der Waals surface area contributed by atoms with Gasteiger partial charge in [0.15, 0.2) is 0 Å². The predicted molar refractivity (Wildman–Crippen MR) is 110 cm³/mol. The number of pyridine rings is 1. The molecule has 0 bridgehead atoms. The van der Waals surface area contributed by atoms with Gasteiger partial charge in [0.25, 0.3) is 0 Å². The summed E-state index contributed by atoms with van der Waals surface area (Å²) in [6.07, 6.45) is 3.84. The number of amides is 1. The number of hydrogen-bond donors (Lipinski definition) is 1. The molecule has 1 aromatic heterocycles. The topological polar surface area (TPSA) is 86.2 Å². The number of aliphatic carboxylic acids is 1. The van der Waals surface area contributed by atoms with Gasteiger partial charge in [-0.25, -0.2) is 4.98 Å². The van der Waals surface area contributed by atoms with E-state index in [1.807, 2.05) is 34.9 Å². The summed E-state index contributed by atoms with van der Waals surface area (Å²) in [5.41, 5.74) is -0.181. The Morgan fingerprint density at radius 1 is 1.24 bits per heavy atom. The van der Waals surface area contributed by atoms with Crippen LogP contribution in [-0.2, 0) is 14.3 Å². The van der Waals surface area contributed by atoms with Gasteiger partial charge in [0.2, 0.25) is 5.91 Å². The molecule has 2 aliphatic rings. The number of carbonyl (C=O) groups is 2. The summed E-state index contributed by atoms with van der Waals surface area (Å²) < 4.78 is 5.65. The summed E-state index contributed by atoms with van der Waals surface area (Å²) in [7, 11) is 0. The molecule has 160 valence electrons. The molecule has 1 N–H and O–H groups in total. The minimum Gasteiger partial charge on any atom is -0.480 e. The smallest absolute Gasteiger partial charge is 0.320 e. The Labute approximate surface area is 172 Å². The number of ether oxygens (including phenoxy) is 1. The first-order valence-electron chi connectivity index (χ1n) is 10.5. The summed E-state index contributed by atoms with van der Waals surface area (Å²) >= 11 is 0. The predicted octanol–water partition coefficient (Wildman–Crippen LogP) is 1.46. The van der Waals surface area contributed by atoms with E-state index in [9.17, 15) is 14.7 Å². The summed E-state index contributed by atoms with van der Waals surface area (Å²) in [5, 5.41) is 9.31. The molecule has 29 heavy (non-hydrogen) atoms. The average molecular weight is 405 g/mol. The molecule has 3 heterocycles. The highest BCUT2D eigenvalue weighted by Crippen LogP contribution is 2.32. The minimum atomic E-state index is -0.783. The van der Waals surface area contributed by atoms with Gasteiger partial charge in [-0.2, -0.15) is 0 Å². The van der Waals surface area contributed by atoms with Crippen molar-refractivity contribution in [1.82, 2.24) is 14.8 Å². The van der Waals surface area contributed by atoms with Crippen LogP contribution in [0.3, 0.4) is 0 Å². The van der Waals surface area contributed by atoms with Gasteiger partial charge in [-0.15, -0.1) is 0 Å². The molecule has 0 spiro atoms. The fraction of sp³-hybridized carbons (Fsp3) is 0.667. The molecule has 0 aromatic carbocycles. The zero-order valence-corrected chi connectivity index (χ0v) is 17.4. The van der Waals surface area contributed by atoms with Crippen LogP contribution < -0.4 is 4.90 Å². The Morgan fingerprint density at radius 3 is 2.48 bits per heavy atom. The first kappa shape index (κ1) is 21.7. The fourth-order valence-electron chi connectivity index (χ4n) is 4.36. The molecule has 1 amide bonds. The SMILES string of the molecule is CCC(=O)N(CC1(N2CCN(C(C)C(=O)O)CC2)CCOCC1)c1ccccn1. The summed E-state index contributed by atoms with van der Waals surface area (Å²) in [4.78, 5) is 34.8. The van der Waals surface area contributed by atoms with E-state index in [0.29, 0.717) is 45.1 Å². The lowest BCUT2D eigenvalue weighted by Crippen LogP contribution is -2.64. The van der Waals surface area contributed by atoms with E-state index >= 15 is 0 Å². The summed E-state index contributed by atoms with van der Waals surface area (Å²) in [6, 6.07) is 5.16. The lowest BCUT2D eigenvalue weighted by atomic mass is 9.86. The second kappa shape index (κ2) is 9.65. The second-order valence-corrected chi connectivity index (χ2v) is 7.90. The van der Waals surface area contributed by atoms with E-state index < -0.39 is 12.0 Å². The maximum absolute atomic E-state index is 12.8. The van der Waals surface area contributed by atoms with Crippen molar-refractivity contribution in [2.45, 2.75) is 44.7 Å². The van der Waals surface area contributed by atoms with Crippen molar-refractivity contribution in [2.75, 3.05) is 50.8 Å². The monoisotopic (exact) mass is 404 g/mol. The third-order valence-corrected chi connectivity index (χ3v) is 6.30. The fourth-order valence-corrected chi connectivity index (χ4v) is 4.36. The largest absolute Gasteiger partial charge is 0.480 e. The van der Waals surface area contributed by atoms with E-state index in [4.69, 9.17) is 4.74 Å². The van der Waals surface area contributed by atoms with Crippen LogP contribution in [0, 0.1) is 0 Å². The first-order valence-corrected chi connectivity index (χ1v) is 10.5. The number of nitrogens with zero attached hydrogens (tertiary/aromatic N) is 4. The van der Waals surface area contributed by atoms with Gasteiger partial charge in [-0.3, -0.25) is 24.3 Å². The van der Waals surface area contributed by atoms with Crippen molar-refractivity contribution in [2.24, 2.45) is 0 Å². The van der Waals surface area contributed by atoms with Crippen molar-refractivity contribution >= 4 is 17.7 Å². The van der Waals surface area contributed by atoms with Gasteiger partial charge in [0.1, 0.15) is 11.9 Å². The molecule has 2 saturated heterocycles. The van der Waals surface area contributed by atoms with Crippen molar-refractivity contribution in [1.29, 1.82) is 0 Å². The molecule has 1 atom stereocenters. The molecule has 3 rings (SSSR count).